The number of esters is 1. The van der Waals surface area contributed by atoms with Gasteiger partial charge in [-0.25, -0.2) is 9.78 Å². The third kappa shape index (κ3) is 4.17. The summed E-state index contributed by atoms with van der Waals surface area (Å²) in [6.45, 7) is 2.29. The maximum Gasteiger partial charge on any atom is 0.337 e. The van der Waals surface area contributed by atoms with Gasteiger partial charge in [0.1, 0.15) is 0 Å². The number of rotatable bonds is 5. The van der Waals surface area contributed by atoms with Crippen LogP contribution < -0.4 is 4.90 Å². The minimum Gasteiger partial charge on any atom is -0.465 e. The fourth-order valence-electron chi connectivity index (χ4n) is 3.37. The van der Waals surface area contributed by atoms with Crippen molar-refractivity contribution < 1.29 is 19.2 Å². The molecule has 0 radical (unpaired) electrons. The highest BCUT2D eigenvalue weighted by atomic mass is 32.2. The van der Waals surface area contributed by atoms with E-state index >= 15 is 0 Å². The maximum atomic E-state index is 13.1. The van der Waals surface area contributed by atoms with E-state index in [4.69, 9.17) is 4.74 Å². The lowest BCUT2D eigenvalue weighted by Gasteiger charge is -2.18. The van der Waals surface area contributed by atoms with Crippen LogP contribution >= 0.6 is 23.1 Å². The van der Waals surface area contributed by atoms with Gasteiger partial charge in [0, 0.05) is 34.9 Å². The summed E-state index contributed by atoms with van der Waals surface area (Å²) in [7, 11) is 1.32. The van der Waals surface area contributed by atoms with Crippen molar-refractivity contribution in [1.29, 1.82) is 0 Å². The van der Waals surface area contributed by atoms with Crippen LogP contribution in [0.5, 0.6) is 0 Å². The molecular formula is C21H17N3O5S2. The van der Waals surface area contributed by atoms with Gasteiger partial charge in [-0.2, -0.15) is 0 Å². The van der Waals surface area contributed by atoms with Gasteiger partial charge in [-0.1, -0.05) is 11.8 Å². The zero-order chi connectivity index (χ0) is 22.1. The van der Waals surface area contributed by atoms with Crippen molar-refractivity contribution in [1.82, 2.24) is 4.98 Å². The summed E-state index contributed by atoms with van der Waals surface area (Å²) in [5.74, 6) is -0.763. The molecular weight excluding hydrogens is 438 g/mol. The monoisotopic (exact) mass is 455 g/mol. The van der Waals surface area contributed by atoms with Gasteiger partial charge in [0.05, 0.1) is 22.5 Å². The normalized spacial score (nSPS) is 12.5. The Morgan fingerprint density at radius 1 is 1.23 bits per heavy atom. The summed E-state index contributed by atoms with van der Waals surface area (Å²) >= 11 is 2.62. The Morgan fingerprint density at radius 2 is 2.00 bits per heavy atom. The summed E-state index contributed by atoms with van der Waals surface area (Å²) in [4.78, 5) is 42.4. The molecule has 0 N–H and O–H groups in total. The van der Waals surface area contributed by atoms with Gasteiger partial charge in [-0.15, -0.1) is 11.3 Å². The number of benzene rings is 2. The molecule has 0 saturated carbocycles. The number of hydrogen-bond donors (Lipinski definition) is 0. The second kappa shape index (κ2) is 8.48. The molecule has 1 aliphatic rings. The first-order chi connectivity index (χ1) is 14.9. The first kappa shape index (κ1) is 21.0. The molecule has 0 atom stereocenters. The molecule has 1 aliphatic heterocycles. The largest absolute Gasteiger partial charge is 0.465 e. The van der Waals surface area contributed by atoms with Gasteiger partial charge in [0.2, 0.25) is 0 Å². The van der Waals surface area contributed by atoms with Gasteiger partial charge < -0.3 is 9.64 Å². The highest BCUT2D eigenvalue weighted by molar-refractivity contribution is 8.01. The van der Waals surface area contributed by atoms with Crippen LogP contribution in [0.15, 0.2) is 51.0 Å². The molecule has 0 aliphatic carbocycles. The average Bonchev–Trinajstić information content (AvgIpc) is 3.38. The molecule has 1 aromatic heterocycles. The number of aromatic nitrogens is 1. The minimum absolute atomic E-state index is 0.135. The number of hydrogen-bond acceptors (Lipinski definition) is 8. The second-order valence-corrected chi connectivity index (χ2v) is 8.99. The molecule has 0 unspecified atom stereocenters. The fourth-order valence-corrected chi connectivity index (χ4v) is 5.24. The molecule has 0 saturated heterocycles. The first-order valence-electron chi connectivity index (χ1n) is 9.29. The number of nitrogens with zero attached hydrogens (tertiary/aromatic N) is 3. The third-order valence-electron chi connectivity index (χ3n) is 4.84. The van der Waals surface area contributed by atoms with Crippen LogP contribution in [0.25, 0.3) is 0 Å². The number of methoxy groups -OCH3 is 1. The minimum atomic E-state index is -0.486. The van der Waals surface area contributed by atoms with Crippen molar-refractivity contribution in [3.63, 3.8) is 0 Å². The Balaban J connectivity index is 1.62. The van der Waals surface area contributed by atoms with E-state index in [0.29, 0.717) is 33.5 Å². The Hall–Kier alpha value is -3.24. The lowest BCUT2D eigenvalue weighted by Crippen LogP contribution is -2.28. The fraction of sp³-hybridized carbons (Fsp3) is 0.190. The highest BCUT2D eigenvalue weighted by Gasteiger charge is 2.28. The van der Waals surface area contributed by atoms with Crippen molar-refractivity contribution in [2.24, 2.45) is 0 Å². The summed E-state index contributed by atoms with van der Waals surface area (Å²) in [5.41, 5.74) is 2.92. The number of nitro benzene ring substituents is 1. The molecule has 3 aromatic rings. The summed E-state index contributed by atoms with van der Waals surface area (Å²) in [5, 5.41) is 13.5. The number of carbonyl (C=O) groups is 2. The van der Waals surface area contributed by atoms with Gasteiger partial charge in [-0.05, 0) is 49.2 Å². The summed E-state index contributed by atoms with van der Waals surface area (Å²) in [6.07, 6.45) is 0.589. The smallest absolute Gasteiger partial charge is 0.337 e. The molecule has 158 valence electrons. The third-order valence-corrected chi connectivity index (χ3v) is 6.96. The average molecular weight is 456 g/mol. The summed E-state index contributed by atoms with van der Waals surface area (Å²) < 4.78 is 5.44. The van der Waals surface area contributed by atoms with Crippen LogP contribution in [-0.4, -0.2) is 35.4 Å². The summed E-state index contributed by atoms with van der Waals surface area (Å²) in [6, 6.07) is 9.52. The lowest BCUT2D eigenvalue weighted by atomic mass is 10.1. The van der Waals surface area contributed by atoms with Gasteiger partial charge >= 0.3 is 5.97 Å². The molecule has 0 bridgehead atoms. The van der Waals surface area contributed by atoms with E-state index in [9.17, 15) is 19.7 Å². The molecule has 1 amide bonds. The Morgan fingerprint density at radius 3 is 2.68 bits per heavy atom. The lowest BCUT2D eigenvalue weighted by molar-refractivity contribution is -0.387. The Kier molecular flexibility index (Phi) is 5.75. The molecule has 4 rings (SSSR count). The maximum absolute atomic E-state index is 13.1. The predicted octanol–water partition coefficient (Wildman–Crippen LogP) is 4.50. The number of thiazole rings is 1. The van der Waals surface area contributed by atoms with Crippen LogP contribution in [0.2, 0.25) is 0 Å². The topological polar surface area (TPSA) is 103 Å². The van der Waals surface area contributed by atoms with E-state index < -0.39 is 10.9 Å². The molecule has 0 fully saturated rings. The van der Waals surface area contributed by atoms with Crippen molar-refractivity contribution in [3.05, 3.63) is 74.3 Å². The van der Waals surface area contributed by atoms with E-state index in [1.54, 1.807) is 35.2 Å². The standard InChI is InChI=1S/C21H17N3O5S2/c1-12-11-30-21(22-12)31-18-6-4-14(10-17(18)24(27)28)19(25)23-8-7-13-9-15(20(26)29-2)3-5-16(13)23/h3-6,9-11H,7-8H2,1-2H3. The van der Waals surface area contributed by atoms with Crippen LogP contribution in [0.3, 0.4) is 0 Å². The number of ether oxygens (including phenoxy) is 1. The van der Waals surface area contributed by atoms with Crippen molar-refractivity contribution in [2.45, 2.75) is 22.6 Å². The zero-order valence-corrected chi connectivity index (χ0v) is 18.3. The molecule has 2 aromatic carbocycles. The highest BCUT2D eigenvalue weighted by Crippen LogP contribution is 2.38. The van der Waals surface area contributed by atoms with Crippen molar-refractivity contribution in [2.75, 3.05) is 18.6 Å². The van der Waals surface area contributed by atoms with E-state index in [1.165, 1.54) is 36.3 Å². The molecule has 0 spiro atoms. The number of aryl methyl sites for hydroxylation is 1. The molecule has 10 heteroatoms. The van der Waals surface area contributed by atoms with Crippen LogP contribution in [-0.2, 0) is 11.2 Å². The van der Waals surface area contributed by atoms with Gasteiger partial charge in [0.15, 0.2) is 4.34 Å². The number of nitro groups is 1. The Bertz CT molecular complexity index is 1210. The Labute approximate surface area is 186 Å². The SMILES string of the molecule is COC(=O)c1ccc2c(c1)CCN2C(=O)c1ccc(Sc2nc(C)cs2)c([N+](=O)[O-])c1. The van der Waals surface area contributed by atoms with Gasteiger partial charge in [0.25, 0.3) is 11.6 Å². The predicted molar refractivity (Wildman–Crippen MR) is 117 cm³/mol. The molecule has 31 heavy (non-hydrogen) atoms. The number of amides is 1. The van der Waals surface area contributed by atoms with Gasteiger partial charge in [-0.3, -0.25) is 14.9 Å². The van der Waals surface area contributed by atoms with E-state index in [-0.39, 0.29) is 17.2 Å². The second-order valence-electron chi connectivity index (χ2n) is 6.84. The van der Waals surface area contributed by atoms with E-state index in [2.05, 4.69) is 4.98 Å². The van der Waals surface area contributed by atoms with E-state index in [1.807, 2.05) is 12.3 Å². The first-order valence-corrected chi connectivity index (χ1v) is 11.0. The van der Waals surface area contributed by atoms with Crippen LogP contribution in [0.4, 0.5) is 11.4 Å². The van der Waals surface area contributed by atoms with Crippen LogP contribution in [0, 0.1) is 17.0 Å². The van der Waals surface area contributed by atoms with Crippen molar-refractivity contribution in [3.8, 4) is 0 Å². The number of fused-ring (bicyclic) bond motifs is 1. The zero-order valence-electron chi connectivity index (χ0n) is 16.7. The van der Waals surface area contributed by atoms with Crippen LogP contribution in [0.1, 0.15) is 32.0 Å². The number of anilines is 1. The number of carbonyl (C=O) groups excluding carboxylic acids is 2. The van der Waals surface area contributed by atoms with E-state index in [0.717, 1.165) is 11.3 Å². The quantitative estimate of drug-likeness (QED) is 0.317. The van der Waals surface area contributed by atoms with Crippen molar-refractivity contribution >= 4 is 46.3 Å². The molecule has 8 nitrogen and oxygen atoms in total. The molecule has 2 heterocycles.